The molecule has 2 rings (SSSR count). The largest absolute Gasteiger partial charge is 0.275 e. The number of nitrogens with zero attached hydrogens (tertiary/aromatic N) is 1. The van der Waals surface area contributed by atoms with Gasteiger partial charge in [-0.05, 0) is 46.0 Å². The zero-order chi connectivity index (χ0) is 12.6. The van der Waals surface area contributed by atoms with E-state index < -0.39 is 0 Å². The van der Waals surface area contributed by atoms with E-state index in [2.05, 4.69) is 15.9 Å². The summed E-state index contributed by atoms with van der Waals surface area (Å²) in [6, 6.07) is 5.00. The first-order valence-corrected chi connectivity index (χ1v) is 6.10. The fourth-order valence-electron chi connectivity index (χ4n) is 1.90. The van der Waals surface area contributed by atoms with Gasteiger partial charge in [0, 0.05) is 13.0 Å². The quantitative estimate of drug-likeness (QED) is 0.766. The van der Waals surface area contributed by atoms with Crippen LogP contribution < -0.4 is 0 Å². The van der Waals surface area contributed by atoms with Crippen LogP contribution in [-0.4, -0.2) is 25.1 Å². The summed E-state index contributed by atoms with van der Waals surface area (Å²) in [7, 11) is 3.04. The maximum Gasteiger partial charge on any atom is 0.249 e. The minimum atomic E-state index is -0.291. The fraction of sp³-hybridized carbons (Fsp3) is 0.417. The normalized spacial score (nSPS) is 20.0. The Hall–Kier alpha value is -0.240. The van der Waals surface area contributed by atoms with Gasteiger partial charge in [-0.15, -0.1) is 0 Å². The maximum atomic E-state index is 13.4. The number of hydroxylamine groups is 2. The summed E-state index contributed by atoms with van der Waals surface area (Å²) in [4.78, 5) is 16.6. The van der Waals surface area contributed by atoms with E-state index in [-0.39, 0.29) is 50.6 Å². The number of carbonyl (C=O) groups excluding carboxylic acids is 1. The highest BCUT2D eigenvalue weighted by Crippen LogP contribution is 2.48. The second kappa shape index (κ2) is 7.52. The van der Waals surface area contributed by atoms with Gasteiger partial charge in [-0.2, -0.15) is 27.0 Å². The molecule has 1 aliphatic carbocycles. The molecule has 1 saturated carbocycles. The Morgan fingerprint density at radius 3 is 2.63 bits per heavy atom. The topological polar surface area (TPSA) is 29.5 Å². The highest BCUT2D eigenvalue weighted by Gasteiger charge is 2.45. The SMILES string of the molecule is CON(C)C(=O)[C@H]1C[C@@H]1c1ccc(Br)c(F)c1.S.S. The molecule has 0 heterocycles. The van der Waals surface area contributed by atoms with Crippen molar-refractivity contribution in [3.8, 4) is 0 Å². The van der Waals surface area contributed by atoms with Gasteiger partial charge in [0.25, 0.3) is 0 Å². The van der Waals surface area contributed by atoms with Gasteiger partial charge in [0.2, 0.25) is 5.91 Å². The van der Waals surface area contributed by atoms with Crippen LogP contribution in [0.4, 0.5) is 4.39 Å². The van der Waals surface area contributed by atoms with E-state index in [4.69, 9.17) is 4.84 Å². The molecule has 1 fully saturated rings. The summed E-state index contributed by atoms with van der Waals surface area (Å²) in [6.45, 7) is 0. The summed E-state index contributed by atoms with van der Waals surface area (Å²) in [5, 5.41) is 1.22. The average molecular weight is 370 g/mol. The van der Waals surface area contributed by atoms with Crippen LogP contribution in [-0.2, 0) is 9.63 Å². The van der Waals surface area contributed by atoms with Gasteiger partial charge in [0.1, 0.15) is 5.82 Å². The van der Waals surface area contributed by atoms with E-state index >= 15 is 0 Å². The van der Waals surface area contributed by atoms with Crippen LogP contribution in [0.5, 0.6) is 0 Å². The van der Waals surface area contributed by atoms with E-state index in [9.17, 15) is 9.18 Å². The zero-order valence-electron chi connectivity index (χ0n) is 10.6. The number of benzene rings is 1. The molecule has 7 heteroatoms. The molecule has 1 aliphatic rings. The number of rotatable bonds is 3. The molecular weight excluding hydrogens is 353 g/mol. The number of halogens is 2. The van der Waals surface area contributed by atoms with Gasteiger partial charge in [-0.3, -0.25) is 9.63 Å². The minimum absolute atomic E-state index is 0. The standard InChI is InChI=1S/C12H13BrFNO2.2H2S/c1-15(17-2)12(16)9-6-8(9)7-3-4-10(13)11(14)5-7;;/h3-5,8-9H,6H2,1-2H3;2*1H2/t8-,9+;;/m1../s1. The van der Waals surface area contributed by atoms with Crippen LogP contribution in [0.3, 0.4) is 0 Å². The lowest BCUT2D eigenvalue weighted by Crippen LogP contribution is -2.27. The third kappa shape index (κ3) is 4.11. The van der Waals surface area contributed by atoms with Crippen LogP contribution in [0.25, 0.3) is 0 Å². The third-order valence-corrected chi connectivity index (χ3v) is 3.71. The molecule has 0 radical (unpaired) electrons. The van der Waals surface area contributed by atoms with Crippen LogP contribution in [0, 0.1) is 11.7 Å². The van der Waals surface area contributed by atoms with Gasteiger partial charge < -0.3 is 0 Å². The van der Waals surface area contributed by atoms with Crippen molar-refractivity contribution in [2.75, 3.05) is 14.2 Å². The van der Waals surface area contributed by atoms with Gasteiger partial charge in [-0.1, -0.05) is 6.07 Å². The van der Waals surface area contributed by atoms with E-state index in [1.807, 2.05) is 6.07 Å². The maximum absolute atomic E-state index is 13.4. The predicted molar refractivity (Wildman–Crippen MR) is 85.5 cm³/mol. The average Bonchev–Trinajstić information content (AvgIpc) is 3.10. The minimum Gasteiger partial charge on any atom is -0.275 e. The summed E-state index contributed by atoms with van der Waals surface area (Å²) < 4.78 is 13.8. The Labute approximate surface area is 134 Å². The molecule has 0 aliphatic heterocycles. The molecule has 1 amide bonds. The molecule has 108 valence electrons. The number of amides is 1. The van der Waals surface area contributed by atoms with Crippen molar-refractivity contribution in [2.24, 2.45) is 5.92 Å². The summed E-state index contributed by atoms with van der Waals surface area (Å²) >= 11 is 3.11. The lowest BCUT2D eigenvalue weighted by molar-refractivity contribution is -0.170. The monoisotopic (exact) mass is 369 g/mol. The summed E-state index contributed by atoms with van der Waals surface area (Å²) in [6.07, 6.45) is 0.758. The van der Waals surface area contributed by atoms with E-state index in [1.54, 1.807) is 13.1 Å². The molecule has 19 heavy (non-hydrogen) atoms. The zero-order valence-corrected chi connectivity index (χ0v) is 14.2. The molecule has 0 N–H and O–H groups in total. The second-order valence-electron chi connectivity index (χ2n) is 4.14. The van der Waals surface area contributed by atoms with Crippen molar-refractivity contribution in [3.05, 3.63) is 34.1 Å². The second-order valence-corrected chi connectivity index (χ2v) is 4.99. The highest BCUT2D eigenvalue weighted by atomic mass is 79.9. The van der Waals surface area contributed by atoms with E-state index in [1.165, 1.54) is 18.2 Å². The molecule has 0 unspecified atom stereocenters. The van der Waals surface area contributed by atoms with Gasteiger partial charge >= 0.3 is 0 Å². The molecule has 1 aromatic rings. The first kappa shape index (κ1) is 18.8. The van der Waals surface area contributed by atoms with Crippen molar-refractivity contribution in [3.63, 3.8) is 0 Å². The Morgan fingerprint density at radius 2 is 2.11 bits per heavy atom. The van der Waals surface area contributed by atoms with E-state index in [0.29, 0.717) is 4.47 Å². The van der Waals surface area contributed by atoms with Crippen molar-refractivity contribution >= 4 is 48.8 Å². The lowest BCUT2D eigenvalue weighted by Gasteiger charge is -2.13. The molecule has 0 bridgehead atoms. The first-order valence-electron chi connectivity index (χ1n) is 5.31. The molecule has 0 saturated heterocycles. The summed E-state index contributed by atoms with van der Waals surface area (Å²) in [5.74, 6) is -0.315. The van der Waals surface area contributed by atoms with Crippen LogP contribution in [0.2, 0.25) is 0 Å². The molecular formula is C12H17BrFNO2S2. The van der Waals surface area contributed by atoms with Crippen molar-refractivity contribution < 1.29 is 14.0 Å². The van der Waals surface area contributed by atoms with Gasteiger partial charge in [0.15, 0.2) is 0 Å². The van der Waals surface area contributed by atoms with Crippen LogP contribution >= 0.6 is 42.9 Å². The van der Waals surface area contributed by atoms with Gasteiger partial charge in [0.05, 0.1) is 11.6 Å². The van der Waals surface area contributed by atoms with Crippen LogP contribution in [0.15, 0.2) is 22.7 Å². The predicted octanol–water partition coefficient (Wildman–Crippen LogP) is 2.94. The Bertz CT molecular complexity index is 461. The smallest absolute Gasteiger partial charge is 0.249 e. The lowest BCUT2D eigenvalue weighted by atomic mass is 10.1. The summed E-state index contributed by atoms with van der Waals surface area (Å²) in [5.41, 5.74) is 0.869. The Morgan fingerprint density at radius 1 is 1.47 bits per heavy atom. The molecule has 3 nitrogen and oxygen atoms in total. The van der Waals surface area contributed by atoms with E-state index in [0.717, 1.165) is 12.0 Å². The fourth-order valence-corrected chi connectivity index (χ4v) is 2.15. The first-order chi connectivity index (χ1) is 8.04. The molecule has 1 aromatic carbocycles. The highest BCUT2D eigenvalue weighted by molar-refractivity contribution is 9.10. The van der Waals surface area contributed by atoms with Gasteiger partial charge in [-0.25, -0.2) is 9.45 Å². The number of hydrogen-bond acceptors (Lipinski definition) is 2. The molecule has 0 aromatic heterocycles. The Kier molecular flexibility index (Phi) is 7.42. The molecule has 0 spiro atoms. The molecule has 2 atom stereocenters. The number of carbonyl (C=O) groups is 1. The van der Waals surface area contributed by atoms with Crippen LogP contribution in [0.1, 0.15) is 17.9 Å². The number of hydrogen-bond donors (Lipinski definition) is 0. The third-order valence-electron chi connectivity index (χ3n) is 3.06. The Balaban J connectivity index is 0.00000162. The van der Waals surface area contributed by atoms with Crippen molar-refractivity contribution in [1.29, 1.82) is 0 Å². The van der Waals surface area contributed by atoms with Crippen molar-refractivity contribution in [2.45, 2.75) is 12.3 Å². The van der Waals surface area contributed by atoms with Crippen molar-refractivity contribution in [1.82, 2.24) is 5.06 Å².